The molecular formula is C17H34O4. The van der Waals surface area contributed by atoms with Gasteiger partial charge in [-0.1, -0.05) is 33.1 Å². The molecule has 0 aromatic carbocycles. The minimum Gasteiger partial charge on any atom is -0.463 e. The van der Waals surface area contributed by atoms with Gasteiger partial charge in [0.15, 0.2) is 0 Å². The van der Waals surface area contributed by atoms with E-state index >= 15 is 0 Å². The van der Waals surface area contributed by atoms with Crippen molar-refractivity contribution in [3.05, 3.63) is 0 Å². The third-order valence-corrected chi connectivity index (χ3v) is 3.34. The first kappa shape index (κ1) is 20.4. The Kier molecular flexibility index (Phi) is 11.6. The first-order chi connectivity index (χ1) is 9.91. The zero-order valence-corrected chi connectivity index (χ0v) is 14.6. The summed E-state index contributed by atoms with van der Waals surface area (Å²) in [4.78, 5) is 11.5. The molecule has 0 N–H and O–H groups in total. The van der Waals surface area contributed by atoms with Gasteiger partial charge in [0, 0.05) is 6.61 Å². The predicted molar refractivity (Wildman–Crippen MR) is 85.4 cm³/mol. The molecule has 0 radical (unpaired) electrons. The zero-order valence-electron chi connectivity index (χ0n) is 14.6. The lowest BCUT2D eigenvalue weighted by molar-refractivity contribution is -0.154. The molecule has 0 aromatic rings. The summed E-state index contributed by atoms with van der Waals surface area (Å²) in [5.74, 6) is 0.474. The second-order valence-corrected chi connectivity index (χ2v) is 6.49. The van der Waals surface area contributed by atoms with E-state index in [0.717, 1.165) is 6.61 Å². The van der Waals surface area contributed by atoms with Gasteiger partial charge in [0.05, 0.1) is 25.2 Å². The highest BCUT2D eigenvalue weighted by atomic mass is 16.6. The number of carbonyl (C=O) groups is 1. The highest BCUT2D eigenvalue weighted by Gasteiger charge is 2.22. The van der Waals surface area contributed by atoms with Gasteiger partial charge in [0.25, 0.3) is 0 Å². The van der Waals surface area contributed by atoms with E-state index in [1.165, 1.54) is 25.7 Å². The van der Waals surface area contributed by atoms with Gasteiger partial charge in [-0.05, 0) is 33.1 Å². The Bertz CT molecular complexity index is 258. The average molecular weight is 302 g/mol. The molecule has 21 heavy (non-hydrogen) atoms. The van der Waals surface area contributed by atoms with E-state index in [-0.39, 0.29) is 5.97 Å². The Morgan fingerprint density at radius 2 is 1.62 bits per heavy atom. The van der Waals surface area contributed by atoms with E-state index in [0.29, 0.717) is 32.3 Å². The first-order valence-corrected chi connectivity index (χ1v) is 8.24. The van der Waals surface area contributed by atoms with Crippen LogP contribution in [0.15, 0.2) is 0 Å². The van der Waals surface area contributed by atoms with Gasteiger partial charge in [-0.25, -0.2) is 0 Å². The Labute approximate surface area is 130 Å². The number of esters is 1. The van der Waals surface area contributed by atoms with Crippen LogP contribution < -0.4 is 0 Å². The molecule has 1 unspecified atom stereocenters. The Morgan fingerprint density at radius 1 is 1.00 bits per heavy atom. The molecule has 0 amide bonds. The predicted octanol–water partition coefficient (Wildman–Crippen LogP) is 3.83. The molecule has 4 nitrogen and oxygen atoms in total. The number of hydrogen-bond acceptors (Lipinski definition) is 4. The van der Waals surface area contributed by atoms with Crippen molar-refractivity contribution in [1.82, 2.24) is 0 Å². The summed E-state index contributed by atoms with van der Waals surface area (Å²) in [6.45, 7) is 12.7. The van der Waals surface area contributed by atoms with Crippen molar-refractivity contribution < 1.29 is 19.0 Å². The quantitative estimate of drug-likeness (QED) is 0.406. The molecule has 0 heterocycles. The maximum atomic E-state index is 11.5. The lowest BCUT2D eigenvalue weighted by Crippen LogP contribution is -2.24. The fourth-order valence-electron chi connectivity index (χ4n) is 1.78. The van der Waals surface area contributed by atoms with Gasteiger partial charge in [-0.15, -0.1) is 0 Å². The zero-order chi connectivity index (χ0) is 16.1. The molecule has 0 bridgehead atoms. The van der Waals surface area contributed by atoms with Gasteiger partial charge in [0.2, 0.25) is 0 Å². The standard InChI is InChI=1S/C17H34O4/c1-6-8-9-15(7-2)14-20-11-10-19-12-13-21-16(18)17(3,4)5/h15H,6-14H2,1-5H3. The van der Waals surface area contributed by atoms with Gasteiger partial charge < -0.3 is 14.2 Å². The van der Waals surface area contributed by atoms with E-state index in [1.54, 1.807) is 0 Å². The third-order valence-electron chi connectivity index (χ3n) is 3.34. The molecule has 0 aromatic heterocycles. The highest BCUT2D eigenvalue weighted by Crippen LogP contribution is 2.14. The van der Waals surface area contributed by atoms with Crippen molar-refractivity contribution in [2.75, 3.05) is 33.0 Å². The largest absolute Gasteiger partial charge is 0.463 e. The van der Waals surface area contributed by atoms with Crippen LogP contribution in [-0.4, -0.2) is 39.0 Å². The molecule has 0 aliphatic carbocycles. The van der Waals surface area contributed by atoms with Crippen LogP contribution in [0.3, 0.4) is 0 Å². The van der Waals surface area contributed by atoms with Crippen LogP contribution in [0.25, 0.3) is 0 Å². The number of hydrogen-bond donors (Lipinski definition) is 0. The summed E-state index contributed by atoms with van der Waals surface area (Å²) >= 11 is 0. The summed E-state index contributed by atoms with van der Waals surface area (Å²) in [6.07, 6.45) is 4.94. The van der Waals surface area contributed by atoms with Crippen LogP contribution in [0.1, 0.15) is 60.3 Å². The summed E-state index contributed by atoms with van der Waals surface area (Å²) in [6, 6.07) is 0. The first-order valence-electron chi connectivity index (χ1n) is 8.24. The molecule has 0 aliphatic rings. The molecule has 0 aliphatic heterocycles. The van der Waals surface area contributed by atoms with Crippen LogP contribution in [0.2, 0.25) is 0 Å². The molecular weight excluding hydrogens is 268 g/mol. The van der Waals surface area contributed by atoms with E-state index in [4.69, 9.17) is 14.2 Å². The average Bonchev–Trinajstić information content (AvgIpc) is 2.43. The van der Waals surface area contributed by atoms with Crippen molar-refractivity contribution in [2.24, 2.45) is 11.3 Å². The molecule has 0 fully saturated rings. The maximum absolute atomic E-state index is 11.5. The normalized spacial score (nSPS) is 13.2. The van der Waals surface area contributed by atoms with Crippen molar-refractivity contribution >= 4 is 5.97 Å². The van der Waals surface area contributed by atoms with Gasteiger partial charge in [0.1, 0.15) is 6.61 Å². The summed E-state index contributed by atoms with van der Waals surface area (Å²) in [5, 5.41) is 0. The van der Waals surface area contributed by atoms with Crippen LogP contribution >= 0.6 is 0 Å². The van der Waals surface area contributed by atoms with E-state index < -0.39 is 5.41 Å². The van der Waals surface area contributed by atoms with Crippen molar-refractivity contribution in [3.8, 4) is 0 Å². The fourth-order valence-corrected chi connectivity index (χ4v) is 1.78. The number of ether oxygens (including phenoxy) is 3. The van der Waals surface area contributed by atoms with E-state index in [2.05, 4.69) is 13.8 Å². The lowest BCUT2D eigenvalue weighted by atomic mass is 9.97. The van der Waals surface area contributed by atoms with Gasteiger partial charge in [-0.3, -0.25) is 4.79 Å². The lowest BCUT2D eigenvalue weighted by Gasteiger charge is -2.16. The second-order valence-electron chi connectivity index (χ2n) is 6.49. The minimum absolute atomic E-state index is 0.191. The van der Waals surface area contributed by atoms with Gasteiger partial charge in [-0.2, -0.15) is 0 Å². The van der Waals surface area contributed by atoms with Gasteiger partial charge >= 0.3 is 5.97 Å². The number of rotatable bonds is 12. The minimum atomic E-state index is -0.448. The van der Waals surface area contributed by atoms with Crippen LogP contribution in [-0.2, 0) is 19.0 Å². The monoisotopic (exact) mass is 302 g/mol. The molecule has 0 saturated carbocycles. The molecule has 1 atom stereocenters. The maximum Gasteiger partial charge on any atom is 0.311 e. The number of carbonyl (C=O) groups excluding carboxylic acids is 1. The Morgan fingerprint density at radius 3 is 2.19 bits per heavy atom. The summed E-state index contributed by atoms with van der Waals surface area (Å²) < 4.78 is 16.1. The van der Waals surface area contributed by atoms with Crippen LogP contribution in [0, 0.1) is 11.3 Å². The summed E-state index contributed by atoms with van der Waals surface area (Å²) in [5.41, 5.74) is -0.448. The molecule has 126 valence electrons. The summed E-state index contributed by atoms with van der Waals surface area (Å²) in [7, 11) is 0. The van der Waals surface area contributed by atoms with Crippen molar-refractivity contribution in [1.29, 1.82) is 0 Å². The Balaban J connectivity index is 3.42. The van der Waals surface area contributed by atoms with Crippen LogP contribution in [0.5, 0.6) is 0 Å². The Hall–Kier alpha value is -0.610. The molecule has 0 saturated heterocycles. The van der Waals surface area contributed by atoms with Crippen LogP contribution in [0.4, 0.5) is 0 Å². The molecule has 0 spiro atoms. The molecule has 4 heteroatoms. The third kappa shape index (κ3) is 11.7. The van der Waals surface area contributed by atoms with E-state index in [9.17, 15) is 4.79 Å². The second kappa shape index (κ2) is 12.0. The topological polar surface area (TPSA) is 44.8 Å². The van der Waals surface area contributed by atoms with Crippen molar-refractivity contribution in [2.45, 2.75) is 60.3 Å². The number of unbranched alkanes of at least 4 members (excludes halogenated alkanes) is 1. The SMILES string of the molecule is CCCCC(CC)COCCOCCOC(=O)C(C)(C)C. The van der Waals surface area contributed by atoms with E-state index in [1.807, 2.05) is 20.8 Å². The smallest absolute Gasteiger partial charge is 0.311 e. The van der Waals surface area contributed by atoms with Crippen molar-refractivity contribution in [3.63, 3.8) is 0 Å². The fraction of sp³-hybridized carbons (Fsp3) is 0.941. The highest BCUT2D eigenvalue weighted by molar-refractivity contribution is 5.75. The molecule has 0 rings (SSSR count).